The first-order valence-electron chi connectivity index (χ1n) is 19.2. The van der Waals surface area contributed by atoms with Gasteiger partial charge in [-0.2, -0.15) is 0 Å². The van der Waals surface area contributed by atoms with Crippen LogP contribution < -0.4 is 11.0 Å². The van der Waals surface area contributed by atoms with E-state index in [1.807, 2.05) is 0 Å². The molecule has 8 heteroatoms. The van der Waals surface area contributed by atoms with Gasteiger partial charge >= 0.3 is 0 Å². The molecule has 0 N–H and O–H groups in total. The molecule has 4 aliphatic rings. The van der Waals surface area contributed by atoms with Crippen LogP contribution in [0.1, 0.15) is 22.3 Å². The summed E-state index contributed by atoms with van der Waals surface area (Å²) < 4.78 is 4.47. The first-order chi connectivity index (χ1) is 28.2. The number of rotatable bonds is 0. The molecule has 0 amide bonds. The highest BCUT2D eigenvalue weighted by atomic mass is 15.3. The van der Waals surface area contributed by atoms with Crippen LogP contribution in [-0.2, 0) is 6.67 Å². The van der Waals surface area contributed by atoms with Gasteiger partial charge in [-0.15, -0.1) is 0 Å². The van der Waals surface area contributed by atoms with Crippen LogP contribution in [0.15, 0.2) is 176 Å². The molecule has 8 nitrogen and oxygen atoms in total. The Hall–Kier alpha value is -7.84. The molecule has 8 aromatic carbocycles. The van der Waals surface area contributed by atoms with Crippen molar-refractivity contribution in [3.05, 3.63) is 179 Å². The van der Waals surface area contributed by atoms with E-state index in [9.17, 15) is 0 Å². The van der Waals surface area contributed by atoms with Crippen molar-refractivity contribution < 1.29 is 0 Å². The van der Waals surface area contributed by atoms with E-state index in [0.717, 1.165) is 109 Å². The average molecular weight is 727 g/mol. The van der Waals surface area contributed by atoms with E-state index < -0.39 is 0 Å². The Morgan fingerprint density at radius 1 is 0.316 bits per heavy atom. The van der Waals surface area contributed by atoms with Crippen molar-refractivity contribution in [1.82, 2.24) is 9.13 Å². The third kappa shape index (κ3) is 3.81. The van der Waals surface area contributed by atoms with Crippen molar-refractivity contribution in [2.24, 2.45) is 30.0 Å². The van der Waals surface area contributed by atoms with Gasteiger partial charge in [0.25, 0.3) is 0 Å². The third-order valence-electron chi connectivity index (χ3n) is 12.2. The lowest BCUT2D eigenvalue weighted by atomic mass is 9.99. The second kappa shape index (κ2) is 10.5. The lowest BCUT2D eigenvalue weighted by Gasteiger charge is -2.13. The number of aliphatic imine (C=N–C) groups is 4. The maximum absolute atomic E-state index is 5.58. The largest absolute Gasteiger partial charge is 0.291 e. The van der Waals surface area contributed by atoms with Crippen molar-refractivity contribution in [3.63, 3.8) is 0 Å². The molecule has 0 atom stereocenters. The van der Waals surface area contributed by atoms with Crippen molar-refractivity contribution in [3.8, 4) is 0 Å². The van der Waals surface area contributed by atoms with Gasteiger partial charge in [0.1, 0.15) is 29.3 Å². The normalized spacial score (nSPS) is 14.9. The summed E-state index contributed by atoms with van der Waals surface area (Å²) in [4.78, 5) is 32.9. The fraction of sp³-hybridized carbons (Fsp3) is 0.0204. The van der Waals surface area contributed by atoms with E-state index in [1.165, 1.54) is 0 Å². The van der Waals surface area contributed by atoms with E-state index in [-0.39, 0.29) is 0 Å². The van der Waals surface area contributed by atoms with Crippen molar-refractivity contribution in [1.29, 1.82) is 0 Å². The molecule has 6 heterocycles. The van der Waals surface area contributed by atoms with Gasteiger partial charge in [-0.25, -0.2) is 30.0 Å². The molecule has 0 aliphatic carbocycles. The minimum atomic E-state index is 0.358. The Bertz CT molecular complexity index is 3840. The summed E-state index contributed by atoms with van der Waals surface area (Å²) in [5.74, 6) is 4.09. The predicted molar refractivity (Wildman–Crippen MR) is 230 cm³/mol. The van der Waals surface area contributed by atoms with Crippen LogP contribution in [0.25, 0.3) is 64.6 Å². The molecular formula is C49H26N8. The van der Waals surface area contributed by atoms with Gasteiger partial charge in [-0.05, 0) is 67.4 Å². The number of hydrogen-bond acceptors (Lipinski definition) is 6. The molecule has 2 aromatic heterocycles. The molecule has 10 aromatic rings. The maximum Gasteiger partial charge on any atom is 0.165 e. The minimum Gasteiger partial charge on any atom is -0.291 e. The summed E-state index contributed by atoms with van der Waals surface area (Å²) in [6.07, 6.45) is 0. The van der Waals surface area contributed by atoms with E-state index in [1.54, 1.807) is 0 Å². The summed E-state index contributed by atoms with van der Waals surface area (Å²) in [6, 6.07) is 51.3. The third-order valence-corrected chi connectivity index (χ3v) is 12.2. The lowest BCUT2D eigenvalue weighted by molar-refractivity contribution is 0.584. The predicted octanol–water partition coefficient (Wildman–Crippen LogP) is 9.66. The van der Waals surface area contributed by atoms with Gasteiger partial charge in [-0.1, -0.05) is 121 Å². The van der Waals surface area contributed by atoms with E-state index in [4.69, 9.17) is 30.0 Å². The molecule has 262 valence electrons. The summed E-state index contributed by atoms with van der Waals surface area (Å²) >= 11 is 0. The lowest BCUT2D eigenvalue weighted by Crippen LogP contribution is -2.32. The van der Waals surface area contributed by atoms with E-state index in [0.29, 0.717) is 30.0 Å². The SMILES string of the molecule is c1ccc2c3c(ccc2c1)C1=Nc2c4c(ccc5ccccc54)c4n2Cn2c(c5ccc6ccccc6c5c2=NC2=NC(=N4)c4c2ccc2ccccc42)=NC3=N1. The second-order valence-electron chi connectivity index (χ2n) is 15.1. The van der Waals surface area contributed by atoms with Gasteiger partial charge < -0.3 is 0 Å². The highest BCUT2D eigenvalue weighted by Gasteiger charge is 2.32. The number of hydrogen-bond donors (Lipinski definition) is 0. The highest BCUT2D eigenvalue weighted by molar-refractivity contribution is 6.30. The number of aromatic nitrogens is 2. The molecule has 4 aliphatic heterocycles. The number of fused-ring (bicyclic) bond motifs is 22. The zero-order valence-corrected chi connectivity index (χ0v) is 30.1. The molecule has 0 spiro atoms. The fourth-order valence-corrected chi connectivity index (χ4v) is 9.61. The summed E-state index contributed by atoms with van der Waals surface area (Å²) in [6.45, 7) is 0.358. The van der Waals surface area contributed by atoms with Gasteiger partial charge in [0.15, 0.2) is 23.3 Å². The maximum atomic E-state index is 5.58. The van der Waals surface area contributed by atoms with E-state index >= 15 is 0 Å². The molecule has 57 heavy (non-hydrogen) atoms. The van der Waals surface area contributed by atoms with Crippen LogP contribution in [0.4, 0.5) is 11.6 Å². The Morgan fingerprint density at radius 2 is 0.789 bits per heavy atom. The van der Waals surface area contributed by atoms with Crippen LogP contribution in [0.3, 0.4) is 0 Å². The first-order valence-corrected chi connectivity index (χ1v) is 19.2. The summed E-state index contributed by atoms with van der Waals surface area (Å²) in [7, 11) is 0. The Morgan fingerprint density at radius 3 is 1.46 bits per heavy atom. The topological polar surface area (TPSA) is 84.0 Å². The Kier molecular flexibility index (Phi) is 5.42. The van der Waals surface area contributed by atoms with Crippen molar-refractivity contribution in [2.45, 2.75) is 6.67 Å². The van der Waals surface area contributed by atoms with Gasteiger partial charge in [0.2, 0.25) is 0 Å². The van der Waals surface area contributed by atoms with E-state index in [2.05, 4.69) is 155 Å². The zero-order valence-electron chi connectivity index (χ0n) is 30.1. The summed E-state index contributed by atoms with van der Waals surface area (Å²) in [5, 5.41) is 12.9. The van der Waals surface area contributed by atoms with Crippen LogP contribution >= 0.6 is 0 Å². The molecule has 0 unspecified atom stereocenters. The van der Waals surface area contributed by atoms with Gasteiger partial charge in [0.05, 0.1) is 0 Å². The first kappa shape index (κ1) is 29.5. The van der Waals surface area contributed by atoms with Gasteiger partial charge in [0, 0.05) is 43.8 Å². The smallest absolute Gasteiger partial charge is 0.165 e. The molecular weight excluding hydrogens is 701 g/mol. The van der Waals surface area contributed by atoms with Gasteiger partial charge in [-0.3, -0.25) is 9.13 Å². The average Bonchev–Trinajstić information content (AvgIpc) is 3.97. The van der Waals surface area contributed by atoms with Crippen LogP contribution in [-0.4, -0.2) is 32.5 Å². The Labute approximate surface area is 323 Å². The zero-order chi connectivity index (χ0) is 36.9. The van der Waals surface area contributed by atoms with Crippen molar-refractivity contribution >= 4 is 99.6 Å². The molecule has 0 fully saturated rings. The second-order valence-corrected chi connectivity index (χ2v) is 15.1. The quantitative estimate of drug-likeness (QED) is 0.149. The monoisotopic (exact) mass is 726 g/mol. The summed E-state index contributed by atoms with van der Waals surface area (Å²) in [5.41, 5.74) is 5.43. The van der Waals surface area contributed by atoms with Crippen molar-refractivity contribution in [2.75, 3.05) is 0 Å². The van der Waals surface area contributed by atoms with Crippen LogP contribution in [0.5, 0.6) is 0 Å². The molecule has 0 saturated heterocycles. The number of amidine groups is 4. The molecule has 6 bridgehead atoms. The Balaban J connectivity index is 1.26. The van der Waals surface area contributed by atoms with Crippen LogP contribution in [0.2, 0.25) is 0 Å². The highest BCUT2D eigenvalue weighted by Crippen LogP contribution is 2.45. The van der Waals surface area contributed by atoms with Crippen LogP contribution in [0, 0.1) is 0 Å². The fourth-order valence-electron chi connectivity index (χ4n) is 9.61. The minimum absolute atomic E-state index is 0.358. The number of nitrogens with zero attached hydrogens (tertiary/aromatic N) is 8. The molecule has 14 rings (SSSR count). The standard InChI is InChI=1S/C49H26N8/c1-5-13-30-26(9-1)17-21-34-38(30)44-50-42(34)52-48-41-33-16-8-4-12-29(33)20-24-37(41)47-55-45-39-31-14-6-2-10-27(31)18-22-35(39)43(51-45)53-49-40-32-15-7-3-11-28(32)19-23-36(40)46(54-44)56(49)25-57(47)48/h1-24H,25H2. The molecule has 0 saturated carbocycles. The number of benzene rings is 8. The molecule has 0 radical (unpaired) electrons.